The van der Waals surface area contributed by atoms with Crippen LogP contribution in [0.25, 0.3) is 0 Å². The summed E-state index contributed by atoms with van der Waals surface area (Å²) in [6, 6.07) is 8.49. The summed E-state index contributed by atoms with van der Waals surface area (Å²) in [5, 5.41) is 0. The van der Waals surface area contributed by atoms with Crippen molar-refractivity contribution in [1.29, 1.82) is 0 Å². The summed E-state index contributed by atoms with van der Waals surface area (Å²) in [5.74, 6) is 0. The average Bonchev–Trinajstić information content (AvgIpc) is 2.38. The first kappa shape index (κ1) is 14.2. The quantitative estimate of drug-likeness (QED) is 0.773. The van der Waals surface area contributed by atoms with Gasteiger partial charge in [-0.05, 0) is 38.3 Å². The van der Waals surface area contributed by atoms with Crippen molar-refractivity contribution in [1.82, 2.24) is 0 Å². The lowest BCUT2D eigenvalue weighted by Crippen LogP contribution is -2.24. The molecule has 1 aromatic rings. The Morgan fingerprint density at radius 1 is 0.882 bits per heavy atom. The Balaban J connectivity index is 3.03. The number of hydrogen-bond acceptors (Lipinski definition) is 2. The van der Waals surface area contributed by atoms with Crippen LogP contribution in [0, 0.1) is 0 Å². The number of hydrogen-bond donors (Lipinski definition) is 0. The summed E-state index contributed by atoms with van der Waals surface area (Å²) in [6.45, 7) is 8.38. The van der Waals surface area contributed by atoms with Crippen LogP contribution in [-0.2, 0) is 20.7 Å². The molecule has 1 aromatic carbocycles. The maximum atomic E-state index is 5.59. The minimum atomic E-state index is -0.242. The van der Waals surface area contributed by atoms with Gasteiger partial charge in [-0.3, -0.25) is 0 Å². The largest absolute Gasteiger partial charge is 0.374 e. The Morgan fingerprint density at radius 3 is 1.71 bits per heavy atom. The van der Waals surface area contributed by atoms with Gasteiger partial charge >= 0.3 is 0 Å². The monoisotopic (exact) mass is 236 g/mol. The molecular weight excluding hydrogens is 212 g/mol. The molecule has 0 N–H and O–H groups in total. The molecule has 0 fully saturated rings. The second-order valence-electron chi connectivity index (χ2n) is 5.08. The maximum Gasteiger partial charge on any atom is 0.0896 e. The van der Waals surface area contributed by atoms with Crippen molar-refractivity contribution in [3.8, 4) is 0 Å². The minimum Gasteiger partial charge on any atom is -0.374 e. The molecule has 0 aliphatic carbocycles. The first-order valence-electron chi connectivity index (χ1n) is 6.11. The van der Waals surface area contributed by atoms with Crippen LogP contribution in [0.5, 0.6) is 0 Å². The van der Waals surface area contributed by atoms with Gasteiger partial charge in [0.1, 0.15) is 0 Å². The summed E-state index contributed by atoms with van der Waals surface area (Å²) in [4.78, 5) is 0. The highest BCUT2D eigenvalue weighted by Gasteiger charge is 2.25. The second kappa shape index (κ2) is 5.19. The lowest BCUT2D eigenvalue weighted by Gasteiger charge is -2.29. The minimum absolute atomic E-state index is 0.199. The molecule has 0 spiro atoms. The third-order valence-electron chi connectivity index (χ3n) is 3.83. The van der Waals surface area contributed by atoms with Crippen LogP contribution in [0.2, 0.25) is 0 Å². The van der Waals surface area contributed by atoms with Gasteiger partial charge in [0.2, 0.25) is 0 Å². The van der Waals surface area contributed by atoms with Crippen LogP contribution < -0.4 is 0 Å². The lowest BCUT2D eigenvalue weighted by atomic mass is 9.89. The molecule has 0 aromatic heterocycles. The van der Waals surface area contributed by atoms with Gasteiger partial charge in [0, 0.05) is 14.2 Å². The molecule has 0 saturated heterocycles. The fraction of sp³-hybridized carbons (Fsp3) is 0.600. The Bertz CT molecular complexity index is 348. The van der Waals surface area contributed by atoms with Crippen molar-refractivity contribution in [3.63, 3.8) is 0 Å². The number of methoxy groups -OCH3 is 2. The van der Waals surface area contributed by atoms with E-state index < -0.39 is 0 Å². The van der Waals surface area contributed by atoms with Gasteiger partial charge in [-0.15, -0.1) is 0 Å². The Hall–Kier alpha value is -0.860. The molecule has 96 valence electrons. The topological polar surface area (TPSA) is 18.5 Å². The smallest absolute Gasteiger partial charge is 0.0896 e. The normalized spacial score (nSPS) is 15.6. The summed E-state index contributed by atoms with van der Waals surface area (Å²) < 4.78 is 11.1. The van der Waals surface area contributed by atoms with E-state index in [1.807, 2.05) is 0 Å². The van der Waals surface area contributed by atoms with Gasteiger partial charge in [-0.25, -0.2) is 0 Å². The molecule has 0 aliphatic heterocycles. The van der Waals surface area contributed by atoms with Gasteiger partial charge in [0.25, 0.3) is 0 Å². The molecule has 17 heavy (non-hydrogen) atoms. The molecule has 1 rings (SSSR count). The third kappa shape index (κ3) is 2.88. The van der Waals surface area contributed by atoms with Gasteiger partial charge < -0.3 is 9.47 Å². The molecule has 1 unspecified atom stereocenters. The van der Waals surface area contributed by atoms with Crippen molar-refractivity contribution in [2.45, 2.75) is 45.3 Å². The number of ether oxygens (including phenoxy) is 2. The van der Waals surface area contributed by atoms with E-state index >= 15 is 0 Å². The van der Waals surface area contributed by atoms with E-state index in [-0.39, 0.29) is 11.2 Å². The van der Waals surface area contributed by atoms with Crippen molar-refractivity contribution in [2.24, 2.45) is 0 Å². The van der Waals surface area contributed by atoms with E-state index in [4.69, 9.17) is 9.47 Å². The molecule has 0 heterocycles. The first-order chi connectivity index (χ1) is 7.89. The summed E-state index contributed by atoms with van der Waals surface area (Å²) >= 11 is 0. The van der Waals surface area contributed by atoms with E-state index in [0.717, 1.165) is 6.42 Å². The Morgan fingerprint density at radius 2 is 1.35 bits per heavy atom. The zero-order chi connectivity index (χ0) is 13.1. The van der Waals surface area contributed by atoms with Crippen molar-refractivity contribution >= 4 is 0 Å². The van der Waals surface area contributed by atoms with Crippen LogP contribution in [-0.4, -0.2) is 14.2 Å². The highest BCUT2D eigenvalue weighted by Crippen LogP contribution is 2.30. The SMILES string of the molecule is CCC(C)(OC)c1ccc(C(C)(C)OC)cc1. The second-order valence-corrected chi connectivity index (χ2v) is 5.08. The maximum absolute atomic E-state index is 5.59. The number of rotatable bonds is 5. The van der Waals surface area contributed by atoms with Crippen LogP contribution in [0.3, 0.4) is 0 Å². The van der Waals surface area contributed by atoms with Gasteiger partial charge in [-0.1, -0.05) is 31.2 Å². The van der Waals surface area contributed by atoms with Crippen molar-refractivity contribution in [2.75, 3.05) is 14.2 Å². The van der Waals surface area contributed by atoms with E-state index in [0.29, 0.717) is 0 Å². The fourth-order valence-electron chi connectivity index (χ4n) is 1.81. The molecule has 2 heteroatoms. The third-order valence-corrected chi connectivity index (χ3v) is 3.83. The molecule has 2 nitrogen and oxygen atoms in total. The lowest BCUT2D eigenvalue weighted by molar-refractivity contribution is -0.00184. The predicted octanol–water partition coefficient (Wildman–Crippen LogP) is 3.84. The van der Waals surface area contributed by atoms with E-state index in [9.17, 15) is 0 Å². The van der Waals surface area contributed by atoms with Crippen LogP contribution in [0.15, 0.2) is 24.3 Å². The van der Waals surface area contributed by atoms with Crippen LogP contribution >= 0.6 is 0 Å². The first-order valence-corrected chi connectivity index (χ1v) is 6.11. The van der Waals surface area contributed by atoms with Crippen LogP contribution in [0.4, 0.5) is 0 Å². The van der Waals surface area contributed by atoms with Crippen molar-refractivity contribution < 1.29 is 9.47 Å². The summed E-state index contributed by atoms with van der Waals surface area (Å²) in [7, 11) is 3.50. The summed E-state index contributed by atoms with van der Waals surface area (Å²) in [6.07, 6.45) is 0.955. The number of benzene rings is 1. The Kier molecular flexibility index (Phi) is 4.34. The fourth-order valence-corrected chi connectivity index (χ4v) is 1.81. The van der Waals surface area contributed by atoms with Gasteiger partial charge in [0.15, 0.2) is 0 Å². The van der Waals surface area contributed by atoms with E-state index in [1.165, 1.54) is 11.1 Å². The van der Waals surface area contributed by atoms with E-state index in [1.54, 1.807) is 14.2 Å². The predicted molar refractivity (Wildman–Crippen MR) is 71.1 cm³/mol. The molecule has 0 saturated carbocycles. The van der Waals surface area contributed by atoms with E-state index in [2.05, 4.69) is 52.0 Å². The molecule has 0 bridgehead atoms. The molecule has 0 amide bonds. The molecule has 1 atom stereocenters. The van der Waals surface area contributed by atoms with Gasteiger partial charge in [-0.2, -0.15) is 0 Å². The highest BCUT2D eigenvalue weighted by atomic mass is 16.5. The van der Waals surface area contributed by atoms with Gasteiger partial charge in [0.05, 0.1) is 11.2 Å². The standard InChI is InChI=1S/C15H24O2/c1-7-15(4,17-6)13-10-8-12(9-11-13)14(2,3)16-5/h8-11H,7H2,1-6H3. The highest BCUT2D eigenvalue weighted by molar-refractivity contribution is 5.29. The average molecular weight is 236 g/mol. The summed E-state index contributed by atoms with van der Waals surface area (Å²) in [5.41, 5.74) is 1.95. The zero-order valence-electron chi connectivity index (χ0n) is 11.8. The Labute approximate surface area is 105 Å². The zero-order valence-corrected chi connectivity index (χ0v) is 11.8. The molecule has 0 aliphatic rings. The van der Waals surface area contributed by atoms with Crippen molar-refractivity contribution in [3.05, 3.63) is 35.4 Å². The molecular formula is C15H24O2. The van der Waals surface area contributed by atoms with Crippen LogP contribution in [0.1, 0.15) is 45.2 Å². The molecule has 0 radical (unpaired) electrons.